The number of carbonyl (C=O) groups excluding carboxylic acids is 3. The molecule has 0 aromatic heterocycles. The molecule has 0 spiro atoms. The van der Waals surface area contributed by atoms with Crippen LogP contribution in [0.25, 0.3) is 0 Å². The van der Waals surface area contributed by atoms with Gasteiger partial charge in [-0.3, -0.25) is 14.5 Å². The van der Waals surface area contributed by atoms with Gasteiger partial charge in [0.2, 0.25) is 5.91 Å². The van der Waals surface area contributed by atoms with Crippen molar-refractivity contribution in [2.45, 2.75) is 10.9 Å². The molecule has 172 valence electrons. The molecule has 1 unspecified atom stereocenters. The minimum atomic E-state index is -0.944. The second-order valence-corrected chi connectivity index (χ2v) is 12.3. The van der Waals surface area contributed by atoms with Gasteiger partial charge in [-0.05, 0) is 65.6 Å². The summed E-state index contributed by atoms with van der Waals surface area (Å²) in [6.07, 6.45) is 6.07. The van der Waals surface area contributed by atoms with Gasteiger partial charge in [0.05, 0.1) is 13.7 Å². The lowest BCUT2D eigenvalue weighted by atomic mass is 10.1. The summed E-state index contributed by atoms with van der Waals surface area (Å²) in [5.41, 5.74) is 1.23. The number of hydrogen-bond acceptors (Lipinski definition) is 5. The lowest BCUT2D eigenvalue weighted by Crippen LogP contribution is -2.42. The number of amides is 3. The molecule has 0 aliphatic carbocycles. The van der Waals surface area contributed by atoms with E-state index in [0.717, 1.165) is 0 Å². The number of benzene rings is 2. The number of rotatable bonds is 8. The number of anilines is 1. The molecule has 2 N–H and O–H groups in total. The molecule has 0 bridgehead atoms. The fraction of sp³-hybridized carbons (Fsp3) is 0.348. The fourth-order valence-electron chi connectivity index (χ4n) is 3.21. The van der Waals surface area contributed by atoms with Crippen molar-refractivity contribution in [3.05, 3.63) is 54.1 Å². The van der Waals surface area contributed by atoms with E-state index >= 15 is 0 Å². The summed E-state index contributed by atoms with van der Waals surface area (Å²) >= 11 is 0. The van der Waals surface area contributed by atoms with Gasteiger partial charge in [-0.1, -0.05) is 12.1 Å². The van der Waals surface area contributed by atoms with E-state index in [9.17, 15) is 14.4 Å². The Bertz CT molecular complexity index is 971. The van der Waals surface area contributed by atoms with Crippen LogP contribution >= 0.6 is 10.0 Å². The van der Waals surface area contributed by atoms with Gasteiger partial charge in [0.15, 0.2) is 0 Å². The van der Waals surface area contributed by atoms with Crippen LogP contribution in [0.4, 0.5) is 10.5 Å². The van der Waals surface area contributed by atoms with Gasteiger partial charge < -0.3 is 20.1 Å². The number of nitrogens with zero attached hydrogens (tertiary/aromatic N) is 1. The molecule has 0 saturated carbocycles. The zero-order valence-electron chi connectivity index (χ0n) is 18.7. The van der Waals surface area contributed by atoms with E-state index in [1.165, 1.54) is 9.80 Å². The number of cyclic esters (lactones) is 1. The van der Waals surface area contributed by atoms with E-state index in [4.69, 9.17) is 9.47 Å². The Kier molecular flexibility index (Phi) is 7.29. The highest BCUT2D eigenvalue weighted by molar-refractivity contribution is 8.32. The average Bonchev–Trinajstić information content (AvgIpc) is 3.16. The molecule has 9 heteroatoms. The predicted molar refractivity (Wildman–Crippen MR) is 125 cm³/mol. The maximum Gasteiger partial charge on any atom is 0.410 e. The van der Waals surface area contributed by atoms with Gasteiger partial charge in [0, 0.05) is 5.69 Å². The van der Waals surface area contributed by atoms with E-state index in [0.29, 0.717) is 23.5 Å². The molecular weight excluding hydrogens is 430 g/mol. The molecule has 3 amide bonds. The highest BCUT2D eigenvalue weighted by Crippen LogP contribution is 2.45. The summed E-state index contributed by atoms with van der Waals surface area (Å²) in [6.45, 7) is 0.413. The third kappa shape index (κ3) is 5.94. The maximum atomic E-state index is 13.1. The molecule has 1 saturated heterocycles. The standard InChI is InChI=1S/C23H29N3O5S/c1-30-18-9-5-16(6-10-18)21(25-20(27)15-26-13-14-31-23(26)29)22(28)24-17-7-11-19(12-8-17)32(2,3)4/h5-12,21H,13-15H2,1-4H3,(H,24,28)(H,25,27). The first-order chi connectivity index (χ1) is 15.2. The molecule has 32 heavy (non-hydrogen) atoms. The summed E-state index contributed by atoms with van der Waals surface area (Å²) in [7, 11) is 0.685. The molecule has 1 aliphatic rings. The third-order valence-electron chi connectivity index (χ3n) is 5.03. The minimum Gasteiger partial charge on any atom is -0.497 e. The van der Waals surface area contributed by atoms with Crippen LogP contribution in [-0.2, 0) is 14.3 Å². The SMILES string of the molecule is COc1ccc(C(NC(=O)CN2CCOC2=O)C(=O)Nc2ccc(S(C)(C)C)cc2)cc1. The largest absolute Gasteiger partial charge is 0.497 e. The quantitative estimate of drug-likeness (QED) is 0.633. The van der Waals surface area contributed by atoms with Gasteiger partial charge in [0.1, 0.15) is 24.9 Å². The zero-order chi connectivity index (χ0) is 23.3. The fourth-order valence-corrected chi connectivity index (χ4v) is 4.16. The summed E-state index contributed by atoms with van der Waals surface area (Å²) in [5, 5.41) is 5.61. The summed E-state index contributed by atoms with van der Waals surface area (Å²) in [5.74, 6) is -0.200. The highest BCUT2D eigenvalue weighted by Gasteiger charge is 2.28. The van der Waals surface area contributed by atoms with Crippen molar-refractivity contribution in [3.63, 3.8) is 0 Å². The average molecular weight is 460 g/mol. The summed E-state index contributed by atoms with van der Waals surface area (Å²) < 4.78 is 10.0. The smallest absolute Gasteiger partial charge is 0.410 e. The van der Waals surface area contributed by atoms with Crippen LogP contribution in [0.5, 0.6) is 5.75 Å². The Hall–Kier alpha value is -3.20. The number of hydrogen-bond donors (Lipinski definition) is 2. The van der Waals surface area contributed by atoms with Gasteiger partial charge in [-0.25, -0.2) is 14.8 Å². The number of methoxy groups -OCH3 is 1. The van der Waals surface area contributed by atoms with Crippen LogP contribution in [0.2, 0.25) is 0 Å². The Morgan fingerprint density at radius 1 is 1.09 bits per heavy atom. The van der Waals surface area contributed by atoms with Crippen LogP contribution in [0.3, 0.4) is 0 Å². The molecule has 8 nitrogen and oxygen atoms in total. The second-order valence-electron chi connectivity index (χ2n) is 8.16. The monoisotopic (exact) mass is 459 g/mol. The van der Waals surface area contributed by atoms with E-state index in [1.807, 2.05) is 24.3 Å². The van der Waals surface area contributed by atoms with Crippen molar-refractivity contribution in [2.75, 3.05) is 50.9 Å². The van der Waals surface area contributed by atoms with Gasteiger partial charge in [-0.2, -0.15) is 0 Å². The van der Waals surface area contributed by atoms with E-state index in [1.54, 1.807) is 31.4 Å². The first-order valence-electron chi connectivity index (χ1n) is 10.1. The van der Waals surface area contributed by atoms with Crippen molar-refractivity contribution in [1.82, 2.24) is 10.2 Å². The first-order valence-corrected chi connectivity index (χ1v) is 13.0. The van der Waals surface area contributed by atoms with Crippen molar-refractivity contribution in [2.24, 2.45) is 0 Å². The van der Waals surface area contributed by atoms with Crippen molar-refractivity contribution in [1.29, 1.82) is 0 Å². The maximum absolute atomic E-state index is 13.1. The molecule has 1 heterocycles. The van der Waals surface area contributed by atoms with Crippen molar-refractivity contribution < 1.29 is 23.9 Å². The predicted octanol–water partition coefficient (Wildman–Crippen LogP) is 3.00. The van der Waals surface area contributed by atoms with Crippen LogP contribution in [0, 0.1) is 0 Å². The van der Waals surface area contributed by atoms with E-state index < -0.39 is 28.1 Å². The first kappa shape index (κ1) is 23.5. The lowest BCUT2D eigenvalue weighted by Gasteiger charge is -2.26. The van der Waals surface area contributed by atoms with Crippen LogP contribution in [0.1, 0.15) is 11.6 Å². The number of carbonyl (C=O) groups is 3. The Balaban J connectivity index is 1.76. The van der Waals surface area contributed by atoms with Crippen molar-refractivity contribution >= 4 is 33.6 Å². The molecule has 1 fully saturated rings. The van der Waals surface area contributed by atoms with E-state index in [-0.39, 0.29) is 19.1 Å². The third-order valence-corrected chi connectivity index (χ3v) is 6.71. The Labute approximate surface area is 189 Å². The second kappa shape index (κ2) is 9.95. The lowest BCUT2D eigenvalue weighted by molar-refractivity contribution is -0.127. The van der Waals surface area contributed by atoms with Crippen LogP contribution < -0.4 is 15.4 Å². The van der Waals surface area contributed by atoms with Crippen molar-refractivity contribution in [3.8, 4) is 5.75 Å². The summed E-state index contributed by atoms with van der Waals surface area (Å²) in [6, 6.07) is 13.7. The molecule has 3 rings (SSSR count). The molecule has 1 aliphatic heterocycles. The van der Waals surface area contributed by atoms with Crippen LogP contribution in [-0.4, -0.2) is 68.4 Å². The zero-order valence-corrected chi connectivity index (χ0v) is 19.5. The Morgan fingerprint density at radius 2 is 1.75 bits per heavy atom. The summed E-state index contributed by atoms with van der Waals surface area (Å²) in [4.78, 5) is 39.9. The topological polar surface area (TPSA) is 97.0 Å². The number of ether oxygens (including phenoxy) is 2. The highest BCUT2D eigenvalue weighted by atomic mass is 32.3. The van der Waals surface area contributed by atoms with Gasteiger partial charge >= 0.3 is 6.09 Å². The molecule has 1 atom stereocenters. The molecular formula is C23H29N3O5S. The number of nitrogens with one attached hydrogen (secondary N) is 2. The molecule has 0 radical (unpaired) electrons. The normalized spacial score (nSPS) is 15.0. The minimum absolute atomic E-state index is 0.179. The van der Waals surface area contributed by atoms with Crippen LogP contribution in [0.15, 0.2) is 53.4 Å². The Morgan fingerprint density at radius 3 is 2.28 bits per heavy atom. The molecule has 2 aromatic carbocycles. The van der Waals surface area contributed by atoms with Gasteiger partial charge in [-0.15, -0.1) is 0 Å². The molecule has 2 aromatic rings. The van der Waals surface area contributed by atoms with E-state index in [2.05, 4.69) is 29.4 Å². The van der Waals surface area contributed by atoms with Gasteiger partial charge in [0.25, 0.3) is 5.91 Å².